The van der Waals surface area contributed by atoms with Crippen LogP contribution >= 0.6 is 11.8 Å². The van der Waals surface area contributed by atoms with Gasteiger partial charge in [-0.2, -0.15) is 0 Å². The lowest BCUT2D eigenvalue weighted by Crippen LogP contribution is -2.03. The quantitative estimate of drug-likeness (QED) is 0.194. The maximum absolute atomic E-state index is 2.49. The van der Waals surface area contributed by atoms with Gasteiger partial charge in [-0.05, 0) is 63.7 Å². The summed E-state index contributed by atoms with van der Waals surface area (Å²) in [7, 11) is 0. The lowest BCUT2D eigenvalue weighted by Gasteiger charge is -2.24. The second kappa shape index (κ2) is 10.1. The molecule has 1 aliphatic carbocycles. The van der Waals surface area contributed by atoms with Crippen LogP contribution < -0.4 is 0 Å². The van der Waals surface area contributed by atoms with Crippen LogP contribution in [0.15, 0.2) is 168 Å². The van der Waals surface area contributed by atoms with Crippen LogP contribution in [0.4, 0.5) is 0 Å². The number of fused-ring (bicyclic) bond motifs is 7. The Bertz CT molecular complexity index is 2580. The average molecular weight is 604 g/mol. The maximum atomic E-state index is 2.49. The van der Waals surface area contributed by atoms with Gasteiger partial charge in [-0.3, -0.25) is 0 Å². The monoisotopic (exact) mass is 603 g/mol. The van der Waals surface area contributed by atoms with Crippen molar-refractivity contribution in [1.82, 2.24) is 4.57 Å². The summed E-state index contributed by atoms with van der Waals surface area (Å²) in [4.78, 5) is 2.70. The van der Waals surface area contributed by atoms with E-state index in [1.165, 1.54) is 86.7 Å². The largest absolute Gasteiger partial charge is 0.308 e. The molecule has 2 heterocycles. The number of benzene rings is 7. The summed E-state index contributed by atoms with van der Waals surface area (Å²) in [5, 5.41) is 7.90. The molecule has 1 aliphatic heterocycles. The first kappa shape index (κ1) is 26.0. The molecule has 0 amide bonds. The van der Waals surface area contributed by atoms with E-state index in [4.69, 9.17) is 0 Å². The van der Waals surface area contributed by atoms with Gasteiger partial charge in [-0.15, -0.1) is 0 Å². The molecule has 46 heavy (non-hydrogen) atoms. The van der Waals surface area contributed by atoms with E-state index in [0.29, 0.717) is 5.92 Å². The smallest absolute Gasteiger partial charge is 0.0619 e. The van der Waals surface area contributed by atoms with E-state index in [0.717, 1.165) is 6.42 Å². The number of hydrogen-bond donors (Lipinski definition) is 0. The van der Waals surface area contributed by atoms with Crippen molar-refractivity contribution in [2.24, 2.45) is 0 Å². The Kier molecular flexibility index (Phi) is 5.70. The first-order chi connectivity index (χ1) is 22.8. The first-order valence-corrected chi connectivity index (χ1v) is 16.9. The van der Waals surface area contributed by atoms with Crippen molar-refractivity contribution in [2.75, 3.05) is 0 Å². The van der Waals surface area contributed by atoms with Crippen molar-refractivity contribution in [1.29, 1.82) is 0 Å². The summed E-state index contributed by atoms with van der Waals surface area (Å²) in [5.74, 6) is 0.332. The molecule has 1 unspecified atom stereocenters. The Morgan fingerprint density at radius 3 is 2.15 bits per heavy atom. The Hall–Kier alpha value is -5.31. The van der Waals surface area contributed by atoms with Crippen molar-refractivity contribution >= 4 is 60.7 Å². The molecule has 1 aromatic heterocycles. The van der Waals surface area contributed by atoms with Gasteiger partial charge in [0.1, 0.15) is 0 Å². The Morgan fingerprint density at radius 1 is 0.522 bits per heavy atom. The normalized spacial score (nSPS) is 15.5. The highest BCUT2D eigenvalue weighted by Gasteiger charge is 2.24. The fourth-order valence-electron chi connectivity index (χ4n) is 7.87. The zero-order valence-electron chi connectivity index (χ0n) is 25.2. The minimum absolute atomic E-state index is 0.332. The molecule has 2 aliphatic rings. The van der Waals surface area contributed by atoms with Gasteiger partial charge in [0.25, 0.3) is 0 Å². The molecule has 0 saturated heterocycles. The van der Waals surface area contributed by atoms with E-state index in [2.05, 4.69) is 162 Å². The lowest BCUT2D eigenvalue weighted by molar-refractivity contribution is 0.864. The number of para-hydroxylation sites is 2. The fraction of sp³-hybridized carbons (Fsp3) is 0.0455. The van der Waals surface area contributed by atoms with Crippen LogP contribution in [0, 0.1) is 0 Å². The first-order valence-electron chi connectivity index (χ1n) is 16.1. The van der Waals surface area contributed by atoms with Crippen LogP contribution in [-0.2, 0) is 0 Å². The van der Waals surface area contributed by atoms with Crippen molar-refractivity contribution < 1.29 is 0 Å². The van der Waals surface area contributed by atoms with Gasteiger partial charge in [0, 0.05) is 48.5 Å². The van der Waals surface area contributed by atoms with Gasteiger partial charge in [0.2, 0.25) is 0 Å². The summed E-state index contributed by atoms with van der Waals surface area (Å²) in [5.41, 5.74) is 10.4. The number of rotatable bonds is 3. The van der Waals surface area contributed by atoms with Gasteiger partial charge in [-0.1, -0.05) is 145 Å². The van der Waals surface area contributed by atoms with Gasteiger partial charge < -0.3 is 4.57 Å². The minimum atomic E-state index is 0.332. The van der Waals surface area contributed by atoms with Gasteiger partial charge in [0.15, 0.2) is 0 Å². The van der Waals surface area contributed by atoms with E-state index in [1.807, 2.05) is 11.8 Å². The summed E-state index contributed by atoms with van der Waals surface area (Å²) in [6.07, 6.45) is 8.24. The second-order valence-corrected chi connectivity index (χ2v) is 13.5. The molecule has 216 valence electrons. The number of hydrogen-bond acceptors (Lipinski definition) is 1. The van der Waals surface area contributed by atoms with Gasteiger partial charge in [-0.25, -0.2) is 0 Å². The third-order valence-electron chi connectivity index (χ3n) is 9.93. The highest BCUT2D eigenvalue weighted by atomic mass is 32.2. The van der Waals surface area contributed by atoms with Crippen LogP contribution in [0.3, 0.4) is 0 Å². The Balaban J connectivity index is 1.12. The van der Waals surface area contributed by atoms with Crippen molar-refractivity contribution in [2.45, 2.75) is 22.1 Å². The zero-order chi connectivity index (χ0) is 30.2. The Labute approximate surface area is 272 Å². The molecule has 10 rings (SSSR count). The summed E-state index contributed by atoms with van der Waals surface area (Å²) in [6, 6.07) is 51.4. The van der Waals surface area contributed by atoms with E-state index in [-0.39, 0.29) is 0 Å². The van der Waals surface area contributed by atoms with E-state index >= 15 is 0 Å². The Morgan fingerprint density at radius 2 is 1.26 bits per heavy atom. The van der Waals surface area contributed by atoms with Crippen LogP contribution in [0.1, 0.15) is 23.5 Å². The van der Waals surface area contributed by atoms with Crippen LogP contribution in [0.5, 0.6) is 0 Å². The van der Waals surface area contributed by atoms with Gasteiger partial charge >= 0.3 is 0 Å². The van der Waals surface area contributed by atoms with E-state index < -0.39 is 0 Å². The predicted molar refractivity (Wildman–Crippen MR) is 196 cm³/mol. The number of aromatic nitrogens is 1. The molecule has 0 spiro atoms. The SMILES string of the molecule is C1=CC(c2ccc3c4c(cccc24)-c2ccccc2S3)CC=C1c1cccc2c3ccc4ccccc4c3n(-c3ccccc3)c12. The molecule has 1 nitrogen and oxygen atoms in total. The van der Waals surface area contributed by atoms with Crippen molar-refractivity contribution in [3.63, 3.8) is 0 Å². The highest BCUT2D eigenvalue weighted by Crippen LogP contribution is 2.50. The topological polar surface area (TPSA) is 4.93 Å². The van der Waals surface area contributed by atoms with E-state index in [9.17, 15) is 0 Å². The number of allylic oxidation sites excluding steroid dienone is 4. The molecular weight excluding hydrogens is 575 g/mol. The predicted octanol–water partition coefficient (Wildman–Crippen LogP) is 12.3. The molecule has 7 aromatic carbocycles. The lowest BCUT2D eigenvalue weighted by atomic mass is 9.84. The molecule has 0 bridgehead atoms. The van der Waals surface area contributed by atoms with Crippen molar-refractivity contribution in [3.8, 4) is 16.8 Å². The molecule has 8 aromatic rings. The second-order valence-electron chi connectivity index (χ2n) is 12.4. The van der Waals surface area contributed by atoms with Gasteiger partial charge in [0.05, 0.1) is 11.0 Å². The molecular formula is C44H29NS. The molecule has 0 N–H and O–H groups in total. The number of nitrogens with zero attached hydrogens (tertiary/aromatic N) is 1. The fourth-order valence-corrected chi connectivity index (χ4v) is 9.00. The highest BCUT2D eigenvalue weighted by molar-refractivity contribution is 7.99. The average Bonchev–Trinajstić information content (AvgIpc) is 3.48. The zero-order valence-corrected chi connectivity index (χ0v) is 26.0. The summed E-state index contributed by atoms with van der Waals surface area (Å²) >= 11 is 1.90. The van der Waals surface area contributed by atoms with E-state index in [1.54, 1.807) is 0 Å². The van der Waals surface area contributed by atoms with Crippen LogP contribution in [0.2, 0.25) is 0 Å². The molecule has 0 saturated carbocycles. The molecule has 0 fully saturated rings. The third-order valence-corrected chi connectivity index (χ3v) is 11.1. The molecule has 0 radical (unpaired) electrons. The third kappa shape index (κ3) is 3.77. The van der Waals surface area contributed by atoms with Crippen LogP contribution in [0.25, 0.3) is 65.7 Å². The molecule has 2 heteroatoms. The summed E-state index contributed by atoms with van der Waals surface area (Å²) in [6.45, 7) is 0. The summed E-state index contributed by atoms with van der Waals surface area (Å²) < 4.78 is 2.49. The minimum Gasteiger partial charge on any atom is -0.308 e. The maximum Gasteiger partial charge on any atom is 0.0619 e. The van der Waals surface area contributed by atoms with Crippen molar-refractivity contribution in [3.05, 3.63) is 169 Å². The molecule has 1 atom stereocenters. The standard InChI is InChI=1S/C44H29NS/c1-2-11-31(12-3-1)45-43-34(15-8-18-38(43)39-25-24-28-10-4-5-13-33(28)44(39)45)30-22-20-29(21-23-30)32-26-27-41-42-36(32)16-9-17-37(42)35-14-6-7-19-40(35)46-41/h1-20,22-27,29H,21H2. The van der Waals surface area contributed by atoms with Crippen LogP contribution in [-0.4, -0.2) is 4.57 Å².